The van der Waals surface area contributed by atoms with Crippen LogP contribution in [0.1, 0.15) is 82.8 Å². The van der Waals surface area contributed by atoms with Crippen LogP contribution in [0.5, 0.6) is 11.5 Å². The molecule has 0 aromatic heterocycles. The van der Waals surface area contributed by atoms with E-state index in [4.69, 9.17) is 9.47 Å². The lowest BCUT2D eigenvalue weighted by Crippen LogP contribution is -2.37. The van der Waals surface area contributed by atoms with Gasteiger partial charge in [-0.25, -0.2) is 0 Å². The number of quaternary nitrogens is 1. The Morgan fingerprint density at radius 1 is 1.05 bits per heavy atom. The first kappa shape index (κ1) is 31.8. The van der Waals surface area contributed by atoms with E-state index in [1.54, 1.807) is 0 Å². The summed E-state index contributed by atoms with van der Waals surface area (Å²) in [5, 5.41) is 0. The zero-order valence-electron chi connectivity index (χ0n) is 25.2. The van der Waals surface area contributed by atoms with Crippen molar-refractivity contribution < 1.29 is 23.5 Å². The quantitative estimate of drug-likeness (QED) is 0.0935. The van der Waals surface area contributed by atoms with Gasteiger partial charge in [0.05, 0.1) is 40.5 Å². The number of carbonyl (C=O) groups is 2. The monoisotopic (exact) mass is 527 g/mol. The van der Waals surface area contributed by atoms with Crippen LogP contribution in [0.4, 0.5) is 0 Å². The van der Waals surface area contributed by atoms with Gasteiger partial charge in [0.1, 0.15) is 11.5 Å². The van der Waals surface area contributed by atoms with E-state index < -0.39 is 0 Å². The molecule has 6 nitrogen and oxygen atoms in total. The minimum Gasteiger partial charge on any atom is -0.426 e. The molecule has 0 spiro atoms. The molecule has 0 fully saturated rings. The van der Waals surface area contributed by atoms with Gasteiger partial charge < -0.3 is 18.9 Å². The van der Waals surface area contributed by atoms with Gasteiger partial charge in [0, 0.05) is 18.0 Å². The fraction of sp³-hybridized carbons (Fsp3) is 0.625. The van der Waals surface area contributed by atoms with Gasteiger partial charge in [-0.2, -0.15) is 0 Å². The predicted octanol–water partition coefficient (Wildman–Crippen LogP) is 6.29. The average molecular weight is 528 g/mol. The number of aryl methyl sites for hydroxylation is 1. The second kappa shape index (κ2) is 14.6. The number of benzene rings is 1. The number of nitrogens with zero attached hydrogens (tertiary/aromatic N) is 2. The molecule has 0 aliphatic heterocycles. The summed E-state index contributed by atoms with van der Waals surface area (Å²) in [6, 6.07) is 3.99. The van der Waals surface area contributed by atoms with Crippen LogP contribution < -0.4 is 9.47 Å². The van der Waals surface area contributed by atoms with E-state index >= 15 is 0 Å². The smallest absolute Gasteiger partial charge is 0.316 e. The molecule has 0 saturated heterocycles. The van der Waals surface area contributed by atoms with Gasteiger partial charge in [-0.05, 0) is 77.2 Å². The van der Waals surface area contributed by atoms with Gasteiger partial charge in [-0.1, -0.05) is 43.6 Å². The molecule has 0 radical (unpaired) electrons. The fourth-order valence-corrected chi connectivity index (χ4v) is 4.87. The van der Waals surface area contributed by atoms with E-state index in [1.807, 2.05) is 31.1 Å². The highest BCUT2D eigenvalue weighted by Gasteiger charge is 2.32. The van der Waals surface area contributed by atoms with Crippen molar-refractivity contribution >= 4 is 11.9 Å². The maximum Gasteiger partial charge on any atom is 0.316 e. The number of carbonyl (C=O) groups excluding carboxylic acids is 2. The summed E-state index contributed by atoms with van der Waals surface area (Å²) in [7, 11) is 10.1. The number of allylic oxidation sites excluding steroid dienone is 3. The lowest BCUT2D eigenvalue weighted by molar-refractivity contribution is -0.869. The van der Waals surface area contributed by atoms with Gasteiger partial charge in [-0.3, -0.25) is 9.59 Å². The summed E-state index contributed by atoms with van der Waals surface area (Å²) in [4.78, 5) is 28.0. The van der Waals surface area contributed by atoms with E-state index in [0.29, 0.717) is 35.5 Å². The number of hydrogen-bond donors (Lipinski definition) is 0. The molecule has 2 rings (SSSR count). The normalized spacial score (nSPS) is 17.8. The second-order valence-electron chi connectivity index (χ2n) is 12.3. The van der Waals surface area contributed by atoms with Crippen LogP contribution in [0.3, 0.4) is 0 Å². The van der Waals surface area contributed by atoms with Crippen LogP contribution in [0.15, 0.2) is 35.9 Å². The number of rotatable bonds is 14. The molecule has 1 aromatic rings. The van der Waals surface area contributed by atoms with Crippen LogP contribution in [0, 0.1) is 5.92 Å². The predicted molar refractivity (Wildman–Crippen MR) is 156 cm³/mol. The molecule has 1 aliphatic carbocycles. The van der Waals surface area contributed by atoms with Crippen molar-refractivity contribution in [3.8, 4) is 11.5 Å². The zero-order chi connectivity index (χ0) is 28.5. The molecule has 0 saturated carbocycles. The van der Waals surface area contributed by atoms with Gasteiger partial charge in [-0.15, -0.1) is 0 Å². The number of esters is 2. The lowest BCUT2D eigenvalue weighted by Gasteiger charge is -2.32. The molecular weight excluding hydrogens is 476 g/mol. The zero-order valence-corrected chi connectivity index (χ0v) is 25.2. The molecule has 6 heteroatoms. The minimum absolute atomic E-state index is 0.0798. The van der Waals surface area contributed by atoms with E-state index in [9.17, 15) is 9.59 Å². The van der Waals surface area contributed by atoms with Crippen molar-refractivity contribution in [2.45, 2.75) is 78.1 Å². The maximum atomic E-state index is 13.1. The van der Waals surface area contributed by atoms with Crippen molar-refractivity contribution in [2.24, 2.45) is 5.92 Å². The summed E-state index contributed by atoms with van der Waals surface area (Å²) in [5.41, 5.74) is 4.17. The number of ether oxygens (including phenoxy) is 2. The van der Waals surface area contributed by atoms with E-state index in [-0.39, 0.29) is 30.2 Å². The van der Waals surface area contributed by atoms with Crippen molar-refractivity contribution in [3.05, 3.63) is 47.1 Å². The molecule has 1 aliphatic rings. The Labute approximate surface area is 231 Å². The highest BCUT2D eigenvalue weighted by molar-refractivity contribution is 5.76. The Balaban J connectivity index is 2.61. The van der Waals surface area contributed by atoms with Crippen LogP contribution in [-0.2, 0) is 16.0 Å². The summed E-state index contributed by atoms with van der Waals surface area (Å²) in [6.07, 6.45) is 8.89. The van der Waals surface area contributed by atoms with Crippen LogP contribution in [0.25, 0.3) is 0 Å². The van der Waals surface area contributed by atoms with E-state index in [2.05, 4.69) is 54.6 Å². The third-order valence-electron chi connectivity index (χ3n) is 7.14. The molecule has 2 unspecified atom stereocenters. The minimum atomic E-state index is -0.281. The Morgan fingerprint density at radius 2 is 1.66 bits per heavy atom. The van der Waals surface area contributed by atoms with Gasteiger partial charge in [0.15, 0.2) is 0 Å². The van der Waals surface area contributed by atoms with Gasteiger partial charge >= 0.3 is 11.9 Å². The SMILES string of the molecule is C=C(C)C1CCC(C)=CC1c1c(OC(=O)CCN(C)C)cc(CCCCC)cc1OC(=O)CC[N+](C)(C)C. The number of hydrogen-bond acceptors (Lipinski definition) is 5. The number of unbranched alkanes of at least 4 members (excludes halogenated alkanes) is 2. The highest BCUT2D eigenvalue weighted by Crippen LogP contribution is 2.47. The van der Waals surface area contributed by atoms with Crippen molar-refractivity contribution in [1.29, 1.82) is 0 Å². The van der Waals surface area contributed by atoms with Gasteiger partial charge in [0.25, 0.3) is 0 Å². The first-order chi connectivity index (χ1) is 17.8. The Bertz CT molecular complexity index is 1000. The Morgan fingerprint density at radius 3 is 2.18 bits per heavy atom. The lowest BCUT2D eigenvalue weighted by atomic mass is 9.73. The highest BCUT2D eigenvalue weighted by atomic mass is 16.5. The molecule has 0 bridgehead atoms. The third kappa shape index (κ3) is 10.4. The summed E-state index contributed by atoms with van der Waals surface area (Å²) in [6.45, 7) is 11.9. The molecule has 0 heterocycles. The Hall–Kier alpha value is -2.44. The fourth-order valence-electron chi connectivity index (χ4n) is 4.87. The van der Waals surface area contributed by atoms with E-state index in [0.717, 1.165) is 55.2 Å². The molecule has 38 heavy (non-hydrogen) atoms. The second-order valence-corrected chi connectivity index (χ2v) is 12.3. The van der Waals surface area contributed by atoms with Crippen LogP contribution in [0.2, 0.25) is 0 Å². The first-order valence-corrected chi connectivity index (χ1v) is 14.2. The van der Waals surface area contributed by atoms with Crippen LogP contribution in [-0.4, -0.2) is 69.6 Å². The topological polar surface area (TPSA) is 55.8 Å². The molecule has 212 valence electrons. The maximum absolute atomic E-state index is 13.1. The largest absolute Gasteiger partial charge is 0.426 e. The molecule has 2 atom stereocenters. The summed E-state index contributed by atoms with van der Waals surface area (Å²) >= 11 is 0. The molecule has 0 amide bonds. The van der Waals surface area contributed by atoms with Crippen LogP contribution >= 0.6 is 0 Å². The standard InChI is InChI=1S/C32H51N2O4/c1-10-11-12-13-25-21-28(37-30(35)16-18-33(5)6)32(27-20-24(4)14-15-26(27)23(2)3)29(22-25)38-31(36)17-19-34(7,8)9/h20-22,26-27H,2,10-19H2,1,3-9H3/q+1. The molecule has 0 N–H and O–H groups in total. The molecular formula is C32H51N2O4+. The van der Waals surface area contributed by atoms with Crippen molar-refractivity contribution in [3.63, 3.8) is 0 Å². The average Bonchev–Trinajstić information content (AvgIpc) is 2.81. The van der Waals surface area contributed by atoms with E-state index in [1.165, 1.54) is 5.57 Å². The van der Waals surface area contributed by atoms with Crippen molar-refractivity contribution in [1.82, 2.24) is 4.90 Å². The first-order valence-electron chi connectivity index (χ1n) is 14.2. The van der Waals surface area contributed by atoms with Crippen molar-refractivity contribution in [2.75, 3.05) is 48.3 Å². The van der Waals surface area contributed by atoms with Gasteiger partial charge in [0.2, 0.25) is 0 Å². The molecule has 1 aromatic carbocycles. The third-order valence-corrected chi connectivity index (χ3v) is 7.14. The summed E-state index contributed by atoms with van der Waals surface area (Å²) < 4.78 is 12.9. The Kier molecular flexibility index (Phi) is 12.2. The summed E-state index contributed by atoms with van der Waals surface area (Å²) in [5.74, 6) is 0.577.